The van der Waals surface area contributed by atoms with Gasteiger partial charge in [0, 0.05) is 0 Å². The number of hydrogen-bond acceptors (Lipinski definition) is 3. The van der Waals surface area contributed by atoms with Crippen LogP contribution in [0.1, 0.15) is 40.2 Å². The molecule has 1 aromatic rings. The Morgan fingerprint density at radius 1 is 1.11 bits per heavy atom. The lowest BCUT2D eigenvalue weighted by atomic mass is 9.76. The fraction of sp³-hybridized carbons (Fsp3) is 0.600. The summed E-state index contributed by atoms with van der Waals surface area (Å²) in [7, 11) is -0.328. The first kappa shape index (κ1) is 14.4. The van der Waals surface area contributed by atoms with Crippen LogP contribution in [0.25, 0.3) is 0 Å². The second-order valence-electron chi connectivity index (χ2n) is 5.99. The third kappa shape index (κ3) is 2.52. The smallest absolute Gasteiger partial charge is 0.494 e. The summed E-state index contributed by atoms with van der Waals surface area (Å²) >= 11 is 0. The van der Waals surface area contributed by atoms with Crippen molar-refractivity contribution in [1.82, 2.24) is 0 Å². The van der Waals surface area contributed by atoms with Crippen molar-refractivity contribution in [2.45, 2.75) is 52.7 Å². The van der Waals surface area contributed by atoms with E-state index in [0.29, 0.717) is 6.61 Å². The number of benzene rings is 1. The van der Waals surface area contributed by atoms with E-state index in [0.717, 1.165) is 16.8 Å². The average Bonchev–Trinajstić information content (AvgIpc) is 2.51. The molecule has 19 heavy (non-hydrogen) atoms. The van der Waals surface area contributed by atoms with E-state index >= 15 is 0 Å². The lowest BCUT2D eigenvalue weighted by molar-refractivity contribution is 0.00578. The Balaban J connectivity index is 2.32. The van der Waals surface area contributed by atoms with Crippen molar-refractivity contribution in [2.24, 2.45) is 0 Å². The Morgan fingerprint density at radius 2 is 1.68 bits per heavy atom. The molecular weight excluding hydrogens is 239 g/mol. The summed E-state index contributed by atoms with van der Waals surface area (Å²) < 4.78 is 17.8. The van der Waals surface area contributed by atoms with Crippen LogP contribution in [0.15, 0.2) is 18.2 Å². The Labute approximate surface area is 116 Å². The van der Waals surface area contributed by atoms with E-state index in [2.05, 4.69) is 27.7 Å². The number of ether oxygens (including phenoxy) is 1. The Hall–Kier alpha value is -0.995. The van der Waals surface area contributed by atoms with Gasteiger partial charge in [-0.1, -0.05) is 12.1 Å². The third-order valence-electron chi connectivity index (χ3n) is 4.13. The van der Waals surface area contributed by atoms with Crippen LogP contribution in [0.5, 0.6) is 5.75 Å². The van der Waals surface area contributed by atoms with Gasteiger partial charge in [0.25, 0.3) is 0 Å². The lowest BCUT2D eigenvalue weighted by Gasteiger charge is -2.32. The van der Waals surface area contributed by atoms with Crippen LogP contribution in [0.4, 0.5) is 0 Å². The summed E-state index contributed by atoms with van der Waals surface area (Å²) in [4.78, 5) is 0. The molecule has 0 radical (unpaired) electrons. The molecule has 1 heterocycles. The van der Waals surface area contributed by atoms with E-state index in [1.807, 2.05) is 32.0 Å². The van der Waals surface area contributed by atoms with Gasteiger partial charge in [-0.2, -0.15) is 0 Å². The first-order chi connectivity index (χ1) is 8.78. The maximum atomic E-state index is 6.09. The van der Waals surface area contributed by atoms with E-state index in [9.17, 15) is 0 Å². The van der Waals surface area contributed by atoms with E-state index in [4.69, 9.17) is 14.0 Å². The van der Waals surface area contributed by atoms with Crippen LogP contribution >= 0.6 is 0 Å². The summed E-state index contributed by atoms with van der Waals surface area (Å²) in [5.74, 6) is 0.898. The van der Waals surface area contributed by atoms with Crippen molar-refractivity contribution >= 4 is 12.6 Å². The maximum absolute atomic E-state index is 6.09. The first-order valence-electron chi connectivity index (χ1n) is 6.86. The van der Waals surface area contributed by atoms with E-state index in [1.165, 1.54) is 0 Å². The highest BCUT2D eigenvalue weighted by atomic mass is 16.7. The van der Waals surface area contributed by atoms with Gasteiger partial charge in [0.2, 0.25) is 0 Å². The Morgan fingerprint density at radius 3 is 2.21 bits per heavy atom. The normalized spacial score (nSPS) is 20.6. The summed E-state index contributed by atoms with van der Waals surface area (Å²) in [6, 6.07) is 6.01. The Kier molecular flexibility index (Phi) is 3.67. The predicted octanol–water partition coefficient (Wildman–Crippen LogP) is 2.69. The van der Waals surface area contributed by atoms with Crippen molar-refractivity contribution in [1.29, 1.82) is 0 Å². The predicted molar refractivity (Wildman–Crippen MR) is 78.1 cm³/mol. The molecule has 1 aromatic carbocycles. The van der Waals surface area contributed by atoms with Crippen LogP contribution < -0.4 is 10.2 Å². The molecule has 1 aliphatic rings. The molecule has 0 aliphatic carbocycles. The molecule has 0 spiro atoms. The number of rotatable bonds is 3. The molecule has 0 bridgehead atoms. The second kappa shape index (κ2) is 4.84. The lowest BCUT2D eigenvalue weighted by Crippen LogP contribution is -2.41. The zero-order valence-corrected chi connectivity index (χ0v) is 12.7. The molecule has 0 N–H and O–H groups in total. The van der Waals surface area contributed by atoms with E-state index in [-0.39, 0.29) is 18.3 Å². The molecule has 0 saturated carbocycles. The molecule has 0 unspecified atom stereocenters. The third-order valence-corrected chi connectivity index (χ3v) is 4.13. The Bertz CT molecular complexity index is 452. The zero-order valence-electron chi connectivity index (χ0n) is 12.7. The minimum atomic E-state index is -0.328. The molecule has 3 nitrogen and oxygen atoms in total. The van der Waals surface area contributed by atoms with Crippen molar-refractivity contribution in [2.75, 3.05) is 6.61 Å². The monoisotopic (exact) mass is 262 g/mol. The maximum Gasteiger partial charge on any atom is 0.495 e. The van der Waals surface area contributed by atoms with Gasteiger partial charge in [0.1, 0.15) is 5.75 Å². The van der Waals surface area contributed by atoms with Crippen LogP contribution in [0.2, 0.25) is 0 Å². The van der Waals surface area contributed by atoms with Gasteiger partial charge >= 0.3 is 7.12 Å². The zero-order chi connectivity index (χ0) is 14.3. The van der Waals surface area contributed by atoms with Gasteiger partial charge in [-0.15, -0.1) is 0 Å². The second-order valence-corrected chi connectivity index (χ2v) is 5.99. The van der Waals surface area contributed by atoms with Crippen molar-refractivity contribution in [3.63, 3.8) is 0 Å². The molecule has 0 aromatic heterocycles. The largest absolute Gasteiger partial charge is 0.495 e. The number of hydrogen-bond donors (Lipinski definition) is 0. The molecule has 0 amide bonds. The molecule has 1 aliphatic heterocycles. The average molecular weight is 262 g/mol. The highest BCUT2D eigenvalue weighted by Crippen LogP contribution is 2.37. The highest BCUT2D eigenvalue weighted by molar-refractivity contribution is 6.62. The van der Waals surface area contributed by atoms with Crippen molar-refractivity contribution in [3.8, 4) is 5.75 Å². The quantitative estimate of drug-likeness (QED) is 0.784. The molecule has 2 rings (SSSR count). The summed E-state index contributed by atoms with van der Waals surface area (Å²) in [6.45, 7) is 13.0. The van der Waals surface area contributed by atoms with Gasteiger partial charge in [-0.3, -0.25) is 0 Å². The molecular formula is C15H23BO3. The van der Waals surface area contributed by atoms with Gasteiger partial charge in [0.15, 0.2) is 0 Å². The topological polar surface area (TPSA) is 27.7 Å². The summed E-state index contributed by atoms with van der Waals surface area (Å²) in [6.07, 6.45) is 0. The van der Waals surface area contributed by atoms with Gasteiger partial charge < -0.3 is 14.0 Å². The highest BCUT2D eigenvalue weighted by Gasteiger charge is 2.52. The van der Waals surface area contributed by atoms with Crippen LogP contribution in [-0.4, -0.2) is 24.9 Å². The molecule has 4 heteroatoms. The summed E-state index contributed by atoms with van der Waals surface area (Å²) in [5.41, 5.74) is 1.50. The molecule has 1 fully saturated rings. The standard InChI is InChI=1S/C15H23BO3/c1-7-17-13-10-8-9-12(11(13)2)16-18-14(3,4)15(5,6)19-16/h8-10H,7H2,1-6H3. The fourth-order valence-corrected chi connectivity index (χ4v) is 2.17. The fourth-order valence-electron chi connectivity index (χ4n) is 2.17. The molecule has 104 valence electrons. The van der Waals surface area contributed by atoms with Crippen molar-refractivity contribution in [3.05, 3.63) is 23.8 Å². The van der Waals surface area contributed by atoms with Gasteiger partial charge in [0.05, 0.1) is 17.8 Å². The molecule has 0 atom stereocenters. The van der Waals surface area contributed by atoms with Gasteiger partial charge in [-0.05, 0) is 58.6 Å². The van der Waals surface area contributed by atoms with Crippen molar-refractivity contribution < 1.29 is 14.0 Å². The minimum Gasteiger partial charge on any atom is -0.494 e. The van der Waals surface area contributed by atoms with Crippen LogP contribution in [-0.2, 0) is 9.31 Å². The van der Waals surface area contributed by atoms with Gasteiger partial charge in [-0.25, -0.2) is 0 Å². The SMILES string of the molecule is CCOc1cccc(B2OC(C)(C)C(C)(C)O2)c1C. The minimum absolute atomic E-state index is 0.314. The van der Waals surface area contributed by atoms with Crippen LogP contribution in [0.3, 0.4) is 0 Å². The summed E-state index contributed by atoms with van der Waals surface area (Å²) in [5, 5.41) is 0. The van der Waals surface area contributed by atoms with E-state index < -0.39 is 0 Å². The van der Waals surface area contributed by atoms with E-state index in [1.54, 1.807) is 0 Å². The van der Waals surface area contributed by atoms with Crippen LogP contribution in [0, 0.1) is 6.92 Å². The first-order valence-corrected chi connectivity index (χ1v) is 6.86. The molecule has 1 saturated heterocycles.